The highest BCUT2D eigenvalue weighted by molar-refractivity contribution is 5.86. The van der Waals surface area contributed by atoms with Crippen LogP contribution < -0.4 is 10.1 Å². The Balaban J connectivity index is 1.42. The van der Waals surface area contributed by atoms with E-state index in [1.165, 1.54) is 6.42 Å². The quantitative estimate of drug-likeness (QED) is 0.780. The Morgan fingerprint density at radius 2 is 1.84 bits per heavy atom. The number of hydrogen-bond donors (Lipinski definition) is 2. The molecule has 3 aliphatic rings. The average Bonchev–Trinajstić information content (AvgIpc) is 3.17. The van der Waals surface area contributed by atoms with Gasteiger partial charge in [0, 0.05) is 12.1 Å². The smallest absolute Gasteiger partial charge is 0.307 e. The van der Waals surface area contributed by atoms with Crippen LogP contribution in [0.3, 0.4) is 0 Å². The molecular weight excluding hydrogens is 318 g/mol. The minimum atomic E-state index is -0.870. The van der Waals surface area contributed by atoms with Crippen LogP contribution in [0.1, 0.15) is 31.2 Å². The zero-order chi connectivity index (χ0) is 17.4. The van der Waals surface area contributed by atoms with Crippen LogP contribution in [0.4, 0.5) is 0 Å². The summed E-state index contributed by atoms with van der Waals surface area (Å²) in [6, 6.07) is 7.74. The molecular formula is C20H23NO4. The predicted octanol–water partition coefficient (Wildman–Crippen LogP) is 2.76. The van der Waals surface area contributed by atoms with Crippen LogP contribution in [-0.4, -0.2) is 23.1 Å². The van der Waals surface area contributed by atoms with Crippen molar-refractivity contribution in [2.24, 2.45) is 23.7 Å². The van der Waals surface area contributed by atoms with Gasteiger partial charge in [-0.15, -0.1) is 0 Å². The van der Waals surface area contributed by atoms with E-state index >= 15 is 0 Å². The third kappa shape index (κ3) is 3.03. The number of allylic oxidation sites excluding steroid dienone is 2. The van der Waals surface area contributed by atoms with E-state index in [0.29, 0.717) is 6.54 Å². The topological polar surface area (TPSA) is 75.6 Å². The number of carbonyl (C=O) groups is 2. The molecule has 3 aliphatic carbocycles. The normalized spacial score (nSPS) is 30.1. The van der Waals surface area contributed by atoms with Crippen molar-refractivity contribution in [2.45, 2.75) is 38.3 Å². The SMILES string of the molecule is O=C(O)C1C2C=CC(C2)C1C(=O)NCc1ccccc1OC1CCC1. The molecule has 2 N–H and O–H groups in total. The Morgan fingerprint density at radius 1 is 1.12 bits per heavy atom. The lowest BCUT2D eigenvalue weighted by Crippen LogP contribution is -2.40. The number of rotatable bonds is 6. The Labute approximate surface area is 147 Å². The summed E-state index contributed by atoms with van der Waals surface area (Å²) in [5.41, 5.74) is 0.938. The van der Waals surface area contributed by atoms with Gasteiger partial charge in [0.2, 0.25) is 5.91 Å². The highest BCUT2D eigenvalue weighted by Gasteiger charge is 2.51. The molecule has 0 aromatic heterocycles. The standard InChI is InChI=1S/C20H23NO4/c22-19(17-12-8-9-13(10-12)18(17)20(23)24)21-11-14-4-1-2-7-16(14)25-15-5-3-6-15/h1-2,4,7-9,12-13,15,17-18H,3,5-6,10-11H2,(H,21,22)(H,23,24). The number of carboxylic acids is 1. The van der Waals surface area contributed by atoms with Crippen LogP contribution in [-0.2, 0) is 16.1 Å². The summed E-state index contributed by atoms with van der Waals surface area (Å²) in [4.78, 5) is 24.2. The van der Waals surface area contributed by atoms with Crippen molar-refractivity contribution in [3.8, 4) is 5.75 Å². The Kier molecular flexibility index (Phi) is 4.24. The molecule has 4 atom stereocenters. The van der Waals surface area contributed by atoms with Gasteiger partial charge in [-0.3, -0.25) is 9.59 Å². The second kappa shape index (κ2) is 6.54. The molecule has 5 heteroatoms. The van der Waals surface area contributed by atoms with Gasteiger partial charge in [-0.2, -0.15) is 0 Å². The van der Waals surface area contributed by atoms with Crippen molar-refractivity contribution >= 4 is 11.9 Å². The summed E-state index contributed by atoms with van der Waals surface area (Å²) in [6.07, 6.45) is 8.38. The van der Waals surface area contributed by atoms with E-state index in [-0.39, 0.29) is 23.8 Å². The summed E-state index contributed by atoms with van der Waals surface area (Å²) in [7, 11) is 0. The van der Waals surface area contributed by atoms with Crippen LogP contribution in [0.25, 0.3) is 0 Å². The fourth-order valence-corrected chi connectivity index (χ4v) is 4.25. The number of nitrogens with one attached hydrogen (secondary N) is 1. The van der Waals surface area contributed by atoms with Crippen molar-refractivity contribution < 1.29 is 19.4 Å². The van der Waals surface area contributed by atoms with Crippen molar-refractivity contribution in [1.29, 1.82) is 0 Å². The van der Waals surface area contributed by atoms with E-state index in [1.807, 2.05) is 36.4 Å². The predicted molar refractivity (Wildman–Crippen MR) is 91.9 cm³/mol. The highest BCUT2D eigenvalue weighted by Crippen LogP contribution is 2.48. The van der Waals surface area contributed by atoms with E-state index in [9.17, 15) is 14.7 Å². The van der Waals surface area contributed by atoms with E-state index in [1.54, 1.807) is 0 Å². The van der Waals surface area contributed by atoms with Crippen molar-refractivity contribution in [3.05, 3.63) is 42.0 Å². The molecule has 2 saturated carbocycles. The molecule has 132 valence electrons. The van der Waals surface area contributed by atoms with Crippen LogP contribution in [0.2, 0.25) is 0 Å². The second-order valence-corrected chi connectivity index (χ2v) is 7.33. The molecule has 1 aromatic carbocycles. The van der Waals surface area contributed by atoms with Crippen LogP contribution in [0, 0.1) is 23.7 Å². The number of para-hydroxylation sites is 1. The lowest BCUT2D eigenvalue weighted by molar-refractivity contribution is -0.147. The minimum absolute atomic E-state index is 0.00696. The van der Waals surface area contributed by atoms with Crippen LogP contribution in [0.5, 0.6) is 5.75 Å². The van der Waals surface area contributed by atoms with E-state index in [2.05, 4.69) is 5.32 Å². The van der Waals surface area contributed by atoms with Gasteiger partial charge >= 0.3 is 5.97 Å². The van der Waals surface area contributed by atoms with Gasteiger partial charge in [0.1, 0.15) is 5.75 Å². The first-order valence-electron chi connectivity index (χ1n) is 9.07. The largest absolute Gasteiger partial charge is 0.490 e. The lowest BCUT2D eigenvalue weighted by atomic mass is 9.82. The van der Waals surface area contributed by atoms with Gasteiger partial charge in [0.05, 0.1) is 17.9 Å². The van der Waals surface area contributed by atoms with Gasteiger partial charge in [-0.05, 0) is 43.6 Å². The maximum atomic E-state index is 12.7. The van der Waals surface area contributed by atoms with Crippen LogP contribution in [0.15, 0.2) is 36.4 Å². The van der Waals surface area contributed by atoms with Gasteiger partial charge in [-0.25, -0.2) is 0 Å². The van der Waals surface area contributed by atoms with Gasteiger partial charge in [-0.1, -0.05) is 30.4 Å². The number of aliphatic carboxylic acids is 1. The zero-order valence-corrected chi connectivity index (χ0v) is 14.1. The molecule has 25 heavy (non-hydrogen) atoms. The minimum Gasteiger partial charge on any atom is -0.490 e. The van der Waals surface area contributed by atoms with Crippen molar-refractivity contribution in [3.63, 3.8) is 0 Å². The number of carbonyl (C=O) groups excluding carboxylic acids is 1. The van der Waals surface area contributed by atoms with Gasteiger partial charge < -0.3 is 15.2 Å². The van der Waals surface area contributed by atoms with Crippen LogP contribution >= 0.6 is 0 Å². The monoisotopic (exact) mass is 341 g/mol. The first-order chi connectivity index (χ1) is 12.1. The summed E-state index contributed by atoms with van der Waals surface area (Å²) in [6.45, 7) is 0.367. The lowest BCUT2D eigenvalue weighted by Gasteiger charge is -2.28. The molecule has 0 saturated heterocycles. The number of amides is 1. The van der Waals surface area contributed by atoms with Crippen molar-refractivity contribution in [1.82, 2.24) is 5.32 Å². The van der Waals surface area contributed by atoms with E-state index < -0.39 is 17.8 Å². The third-order valence-electron chi connectivity index (χ3n) is 5.82. The first kappa shape index (κ1) is 16.2. The number of carboxylic acid groups (broad SMARTS) is 1. The molecule has 2 fully saturated rings. The molecule has 0 radical (unpaired) electrons. The Morgan fingerprint density at radius 3 is 2.52 bits per heavy atom. The fraction of sp³-hybridized carbons (Fsp3) is 0.500. The molecule has 4 rings (SSSR count). The number of benzene rings is 1. The number of ether oxygens (including phenoxy) is 1. The van der Waals surface area contributed by atoms with E-state index in [0.717, 1.165) is 30.6 Å². The molecule has 0 heterocycles. The van der Waals surface area contributed by atoms with Crippen molar-refractivity contribution in [2.75, 3.05) is 0 Å². The molecule has 2 bridgehead atoms. The second-order valence-electron chi connectivity index (χ2n) is 7.33. The Hall–Kier alpha value is -2.30. The third-order valence-corrected chi connectivity index (χ3v) is 5.82. The highest BCUT2D eigenvalue weighted by atomic mass is 16.5. The van der Waals surface area contributed by atoms with Gasteiger partial charge in [0.25, 0.3) is 0 Å². The molecule has 1 amide bonds. The first-order valence-corrected chi connectivity index (χ1v) is 9.07. The maximum absolute atomic E-state index is 12.7. The Bertz CT molecular complexity index is 709. The molecule has 5 nitrogen and oxygen atoms in total. The van der Waals surface area contributed by atoms with E-state index in [4.69, 9.17) is 4.74 Å². The summed E-state index contributed by atoms with van der Waals surface area (Å²) in [5, 5.41) is 12.4. The van der Waals surface area contributed by atoms with Gasteiger partial charge in [0.15, 0.2) is 0 Å². The molecule has 0 spiro atoms. The summed E-state index contributed by atoms with van der Waals surface area (Å²) in [5.74, 6) is -1.24. The average molecular weight is 341 g/mol. The fourth-order valence-electron chi connectivity index (χ4n) is 4.25. The molecule has 1 aromatic rings. The molecule has 0 aliphatic heterocycles. The molecule has 4 unspecified atom stereocenters. The zero-order valence-electron chi connectivity index (χ0n) is 14.1. The summed E-state index contributed by atoms with van der Waals surface area (Å²) < 4.78 is 5.99. The number of hydrogen-bond acceptors (Lipinski definition) is 3. The maximum Gasteiger partial charge on any atom is 0.307 e. The summed E-state index contributed by atoms with van der Waals surface area (Å²) >= 11 is 0. The number of fused-ring (bicyclic) bond motifs is 2.